The van der Waals surface area contributed by atoms with Gasteiger partial charge in [0.2, 0.25) is 0 Å². The van der Waals surface area contributed by atoms with Gasteiger partial charge < -0.3 is 0 Å². The first-order valence-electron chi connectivity index (χ1n) is 9.53. The summed E-state index contributed by atoms with van der Waals surface area (Å²) in [7, 11) is -4.41. The highest BCUT2D eigenvalue weighted by Gasteiger charge is 2.59. The Labute approximate surface area is 150 Å². The lowest BCUT2D eigenvalue weighted by Gasteiger charge is -2.57. The van der Waals surface area contributed by atoms with Crippen LogP contribution in [0.15, 0.2) is 11.6 Å². The van der Waals surface area contributed by atoms with Crippen molar-refractivity contribution >= 4 is 16.2 Å². The number of carbonyl (C=O) groups is 1. The third kappa shape index (κ3) is 2.72. The number of fused-ring (bicyclic) bond motifs is 5. The van der Waals surface area contributed by atoms with Crippen LogP contribution in [0.5, 0.6) is 0 Å². The molecule has 3 saturated carbocycles. The molecule has 4 aliphatic rings. The number of hydrogen-bond acceptors (Lipinski definition) is 4. The fraction of sp³-hybridized carbons (Fsp3) is 0.842. The van der Waals surface area contributed by atoms with E-state index in [-0.39, 0.29) is 16.6 Å². The highest BCUT2D eigenvalue weighted by Crippen LogP contribution is 2.65. The van der Waals surface area contributed by atoms with E-state index in [2.05, 4.69) is 13.8 Å². The van der Waals surface area contributed by atoms with Crippen LogP contribution >= 0.6 is 0 Å². The van der Waals surface area contributed by atoms with Crippen molar-refractivity contribution in [1.29, 1.82) is 0 Å². The molecule has 0 bridgehead atoms. The number of allylic oxidation sites excluding steroid dienone is 1. The number of ketones is 1. The Kier molecular flexibility index (Phi) is 3.99. The van der Waals surface area contributed by atoms with Crippen molar-refractivity contribution in [2.45, 2.75) is 71.3 Å². The van der Waals surface area contributed by atoms with Gasteiger partial charge in [0.05, 0.1) is 6.10 Å². The van der Waals surface area contributed by atoms with Crippen LogP contribution in [0.25, 0.3) is 0 Å². The largest absolute Gasteiger partial charge is 0.397 e. The topological polar surface area (TPSA) is 80.7 Å². The molecule has 3 fully saturated rings. The molecule has 25 heavy (non-hydrogen) atoms. The van der Waals surface area contributed by atoms with Crippen molar-refractivity contribution in [1.82, 2.24) is 0 Å². The van der Waals surface area contributed by atoms with Crippen LogP contribution in [0, 0.1) is 28.6 Å². The molecular formula is C19H28O5S. The maximum atomic E-state index is 11.9. The molecule has 0 saturated heterocycles. The van der Waals surface area contributed by atoms with Crippen molar-refractivity contribution in [3.8, 4) is 0 Å². The molecule has 4 aliphatic carbocycles. The van der Waals surface area contributed by atoms with Gasteiger partial charge in [0, 0.05) is 6.42 Å². The Balaban J connectivity index is 1.62. The second kappa shape index (κ2) is 5.64. The van der Waals surface area contributed by atoms with Gasteiger partial charge >= 0.3 is 10.4 Å². The van der Waals surface area contributed by atoms with Crippen LogP contribution in [0.3, 0.4) is 0 Å². The third-order valence-electron chi connectivity index (χ3n) is 8.11. The highest BCUT2D eigenvalue weighted by atomic mass is 32.3. The van der Waals surface area contributed by atoms with Gasteiger partial charge in [-0.25, -0.2) is 4.18 Å². The molecule has 0 aromatic carbocycles. The lowest BCUT2D eigenvalue weighted by molar-refractivity contribution is -0.117. The minimum absolute atomic E-state index is 0.125. The standard InChI is InChI=1S/C19H28O5S/c1-18-9-7-13(20)11-12(18)3-4-14-15-5-6-17(24-25(21,22)23)19(15,2)10-8-16(14)18/h11,14-17H,3-10H2,1-2H3,(H,21,22,23)/t14-,15?,16?,17-,18-,19-/m0/s1. The number of hydrogen-bond donors (Lipinski definition) is 1. The van der Waals surface area contributed by atoms with Crippen molar-refractivity contribution in [2.24, 2.45) is 28.6 Å². The summed E-state index contributed by atoms with van der Waals surface area (Å²) in [5.74, 6) is 1.84. The molecule has 0 spiro atoms. The fourth-order valence-corrected chi connectivity index (χ4v) is 7.43. The summed E-state index contributed by atoms with van der Waals surface area (Å²) in [6.45, 7) is 4.49. The molecule has 0 aromatic heterocycles. The molecular weight excluding hydrogens is 340 g/mol. The Morgan fingerprint density at radius 1 is 1.08 bits per heavy atom. The zero-order valence-electron chi connectivity index (χ0n) is 15.0. The summed E-state index contributed by atoms with van der Waals surface area (Å²) >= 11 is 0. The Bertz CT molecular complexity index is 726. The van der Waals surface area contributed by atoms with Gasteiger partial charge in [-0.3, -0.25) is 9.35 Å². The quantitative estimate of drug-likeness (QED) is 0.752. The molecule has 6 atom stereocenters. The number of rotatable bonds is 2. The highest BCUT2D eigenvalue weighted by molar-refractivity contribution is 7.80. The second-order valence-corrected chi connectivity index (χ2v) is 10.2. The molecule has 2 unspecified atom stereocenters. The SMILES string of the molecule is C[C@]12CCC(=O)C=C1CC[C@@H]1C2CC[C@@]2(C)C1CC[C@@H]2OS(=O)(=O)O. The zero-order valence-corrected chi connectivity index (χ0v) is 15.8. The normalized spacial score (nSPS) is 46.8. The maximum Gasteiger partial charge on any atom is 0.397 e. The molecule has 6 heteroatoms. The first kappa shape index (κ1) is 17.7. The Hall–Kier alpha value is -0.720. The van der Waals surface area contributed by atoms with E-state index in [4.69, 9.17) is 8.74 Å². The van der Waals surface area contributed by atoms with Crippen LogP contribution in [0.2, 0.25) is 0 Å². The van der Waals surface area contributed by atoms with E-state index in [1.807, 2.05) is 6.08 Å². The second-order valence-electron chi connectivity index (χ2n) is 9.10. The van der Waals surface area contributed by atoms with Crippen LogP contribution in [0.1, 0.15) is 65.2 Å². The van der Waals surface area contributed by atoms with Gasteiger partial charge in [-0.15, -0.1) is 0 Å². The molecule has 0 heterocycles. The van der Waals surface area contributed by atoms with Gasteiger partial charge in [-0.2, -0.15) is 8.42 Å². The maximum absolute atomic E-state index is 11.9. The summed E-state index contributed by atoms with van der Waals surface area (Å²) in [5.41, 5.74) is 1.29. The van der Waals surface area contributed by atoms with Gasteiger partial charge in [0.1, 0.15) is 0 Å². The molecule has 1 N–H and O–H groups in total. The third-order valence-corrected chi connectivity index (χ3v) is 8.59. The van der Waals surface area contributed by atoms with Gasteiger partial charge in [0.15, 0.2) is 5.78 Å². The lowest BCUT2D eigenvalue weighted by atomic mass is 9.47. The Morgan fingerprint density at radius 3 is 2.56 bits per heavy atom. The van der Waals surface area contributed by atoms with E-state index in [0.29, 0.717) is 30.6 Å². The summed E-state index contributed by atoms with van der Waals surface area (Å²) in [5, 5.41) is 0. The predicted octanol–water partition coefficient (Wildman–Crippen LogP) is 3.71. The number of carbonyl (C=O) groups excluding carboxylic acids is 1. The van der Waals surface area contributed by atoms with E-state index in [1.54, 1.807) is 0 Å². The van der Waals surface area contributed by atoms with Crippen LogP contribution in [-0.2, 0) is 19.4 Å². The molecule has 140 valence electrons. The van der Waals surface area contributed by atoms with E-state index in [9.17, 15) is 13.2 Å². The molecule has 5 nitrogen and oxygen atoms in total. The van der Waals surface area contributed by atoms with Crippen molar-refractivity contribution in [2.75, 3.05) is 0 Å². The summed E-state index contributed by atoms with van der Waals surface area (Å²) in [6, 6.07) is 0. The average Bonchev–Trinajstić information content (AvgIpc) is 2.83. The molecule has 0 aromatic rings. The fourth-order valence-electron chi connectivity index (χ4n) is 6.82. The summed E-state index contributed by atoms with van der Waals surface area (Å²) in [6.07, 6.45) is 8.80. The van der Waals surface area contributed by atoms with E-state index in [1.165, 1.54) is 5.57 Å². The van der Waals surface area contributed by atoms with Crippen molar-refractivity contribution in [3.63, 3.8) is 0 Å². The minimum Gasteiger partial charge on any atom is -0.295 e. The predicted molar refractivity (Wildman–Crippen MR) is 93.1 cm³/mol. The van der Waals surface area contributed by atoms with E-state index >= 15 is 0 Å². The summed E-state index contributed by atoms with van der Waals surface area (Å²) < 4.78 is 36.7. The molecule has 0 aliphatic heterocycles. The van der Waals surface area contributed by atoms with Crippen LogP contribution < -0.4 is 0 Å². The minimum atomic E-state index is -4.41. The van der Waals surface area contributed by atoms with Crippen LogP contribution in [0.4, 0.5) is 0 Å². The smallest absolute Gasteiger partial charge is 0.295 e. The molecule has 0 amide bonds. The molecule has 4 rings (SSSR count). The van der Waals surface area contributed by atoms with E-state index < -0.39 is 16.5 Å². The van der Waals surface area contributed by atoms with Gasteiger partial charge in [0.25, 0.3) is 0 Å². The van der Waals surface area contributed by atoms with Gasteiger partial charge in [-0.1, -0.05) is 19.4 Å². The van der Waals surface area contributed by atoms with E-state index in [0.717, 1.165) is 38.5 Å². The lowest BCUT2D eigenvalue weighted by Crippen LogP contribution is -2.51. The summed E-state index contributed by atoms with van der Waals surface area (Å²) in [4.78, 5) is 11.9. The molecule has 0 radical (unpaired) electrons. The average molecular weight is 368 g/mol. The first-order chi connectivity index (χ1) is 11.6. The van der Waals surface area contributed by atoms with Gasteiger partial charge in [-0.05, 0) is 79.6 Å². The van der Waals surface area contributed by atoms with Crippen molar-refractivity contribution < 1.29 is 21.9 Å². The monoisotopic (exact) mass is 368 g/mol. The first-order valence-corrected chi connectivity index (χ1v) is 10.9. The zero-order chi connectivity index (χ0) is 18.0. The van der Waals surface area contributed by atoms with Crippen LogP contribution in [-0.4, -0.2) is 24.9 Å². The van der Waals surface area contributed by atoms with Crippen molar-refractivity contribution in [3.05, 3.63) is 11.6 Å². The Morgan fingerprint density at radius 2 is 1.84 bits per heavy atom.